The quantitative estimate of drug-likeness (QED) is 0.271. The second-order valence-electron chi connectivity index (χ2n) is 5.29. The van der Waals surface area contributed by atoms with Crippen LogP contribution in [0.5, 0.6) is 11.5 Å². The number of hydrogen-bond acceptors (Lipinski definition) is 8. The highest BCUT2D eigenvalue weighted by atomic mass is 17.2. The Kier molecular flexibility index (Phi) is 7.34. The van der Waals surface area contributed by atoms with Gasteiger partial charge in [-0.3, -0.25) is 19.3 Å². The van der Waals surface area contributed by atoms with Gasteiger partial charge in [0.25, 0.3) is 0 Å². The first-order valence-electron chi connectivity index (χ1n) is 7.27. The molecule has 0 unspecified atom stereocenters. The van der Waals surface area contributed by atoms with E-state index in [1.54, 1.807) is 0 Å². The maximum atomic E-state index is 11.8. The van der Waals surface area contributed by atoms with Crippen LogP contribution < -0.4 is 15.9 Å². The maximum Gasteiger partial charge on any atom is 0.378 e. The fourth-order valence-corrected chi connectivity index (χ4v) is 1.85. The number of carboxylic acid groups (broad SMARTS) is 2. The van der Waals surface area contributed by atoms with Gasteiger partial charge in [0, 0.05) is 6.92 Å². The molecule has 11 heteroatoms. The lowest BCUT2D eigenvalue weighted by molar-refractivity contribution is -0.217. The van der Waals surface area contributed by atoms with E-state index in [9.17, 15) is 24.3 Å². The van der Waals surface area contributed by atoms with Crippen molar-refractivity contribution in [3.63, 3.8) is 0 Å². The second-order valence-corrected chi connectivity index (χ2v) is 5.29. The van der Waals surface area contributed by atoms with Crippen LogP contribution in [-0.4, -0.2) is 51.2 Å². The predicted octanol–water partition coefficient (Wildman–Crippen LogP) is -0.837. The van der Waals surface area contributed by atoms with E-state index in [0.717, 1.165) is 6.92 Å². The summed E-state index contributed by atoms with van der Waals surface area (Å²) in [5.74, 6) is -5.16. The molecule has 2 atom stereocenters. The van der Waals surface area contributed by atoms with E-state index in [1.165, 1.54) is 18.2 Å². The van der Waals surface area contributed by atoms with E-state index < -0.39 is 48.1 Å². The molecule has 0 saturated carbocycles. The Labute approximate surface area is 147 Å². The highest BCUT2D eigenvalue weighted by Crippen LogP contribution is 2.27. The third-order valence-corrected chi connectivity index (χ3v) is 3.05. The summed E-state index contributed by atoms with van der Waals surface area (Å²) < 4.78 is 0. The minimum Gasteiger partial charge on any atom is -0.504 e. The summed E-state index contributed by atoms with van der Waals surface area (Å²) >= 11 is 0. The highest BCUT2D eigenvalue weighted by molar-refractivity contribution is 5.86. The number of aliphatic carboxylic acids is 2. The number of nitrogens with one attached hydrogen (secondary N) is 1. The summed E-state index contributed by atoms with van der Waals surface area (Å²) in [4.78, 5) is 53.5. The smallest absolute Gasteiger partial charge is 0.378 e. The first kappa shape index (κ1) is 20.7. The summed E-state index contributed by atoms with van der Waals surface area (Å²) in [7, 11) is 0. The van der Waals surface area contributed by atoms with Crippen molar-refractivity contribution in [2.24, 2.45) is 5.73 Å². The van der Waals surface area contributed by atoms with E-state index in [2.05, 4.69) is 10.2 Å². The number of carbonyl (C=O) groups is 4. The molecule has 1 aromatic carbocycles. The van der Waals surface area contributed by atoms with Gasteiger partial charge in [0.1, 0.15) is 12.1 Å². The molecule has 11 nitrogen and oxygen atoms in total. The number of benzene rings is 1. The van der Waals surface area contributed by atoms with Gasteiger partial charge in [-0.25, -0.2) is 9.68 Å². The number of nitrogens with two attached hydrogens (primary N) is 1. The van der Waals surface area contributed by atoms with Crippen LogP contribution >= 0.6 is 0 Å². The molecule has 6 N–H and O–H groups in total. The van der Waals surface area contributed by atoms with Crippen LogP contribution in [0.1, 0.15) is 18.9 Å². The van der Waals surface area contributed by atoms with E-state index >= 15 is 0 Å². The Morgan fingerprint density at radius 1 is 1.23 bits per heavy atom. The number of phenolic OH excluding ortho intramolecular Hbond substituents is 1. The fraction of sp³-hybridized carbons (Fsp3) is 0.333. The zero-order valence-corrected chi connectivity index (χ0v) is 13.7. The maximum absolute atomic E-state index is 11.8. The van der Waals surface area contributed by atoms with Crippen LogP contribution in [0.25, 0.3) is 0 Å². The molecule has 0 saturated heterocycles. The minimum atomic E-state index is -1.49. The molecule has 0 aliphatic carbocycles. The molecule has 0 aliphatic rings. The van der Waals surface area contributed by atoms with Gasteiger partial charge in [0.15, 0.2) is 5.75 Å². The van der Waals surface area contributed by atoms with Crippen LogP contribution in [-0.2, 0) is 30.5 Å². The third-order valence-electron chi connectivity index (χ3n) is 3.05. The van der Waals surface area contributed by atoms with Crippen LogP contribution in [0.3, 0.4) is 0 Å². The largest absolute Gasteiger partial charge is 0.504 e. The average molecular weight is 370 g/mol. The van der Waals surface area contributed by atoms with Gasteiger partial charge >= 0.3 is 17.9 Å². The molecular weight excluding hydrogens is 352 g/mol. The standard InChI is InChI=1S/C15H18N2O9/c1-7(18)17-10(6-13(20)21)15(24)26-25-12-5-8(2-3-11(12)19)4-9(16)14(22)23/h2-3,5,9-10,19H,4,6,16H2,1H3,(H,17,18)(H,20,21)(H,22,23)/t9-,10-/m0/s1. The Morgan fingerprint density at radius 3 is 2.42 bits per heavy atom. The molecule has 0 bridgehead atoms. The van der Waals surface area contributed by atoms with Crippen LogP contribution in [0, 0.1) is 0 Å². The molecule has 0 radical (unpaired) electrons. The van der Waals surface area contributed by atoms with Gasteiger partial charge in [-0.15, -0.1) is 0 Å². The van der Waals surface area contributed by atoms with Crippen molar-refractivity contribution in [3.05, 3.63) is 23.8 Å². The van der Waals surface area contributed by atoms with E-state index in [0.29, 0.717) is 5.56 Å². The Bertz CT molecular complexity index is 688. The van der Waals surface area contributed by atoms with E-state index in [-0.39, 0.29) is 12.2 Å². The van der Waals surface area contributed by atoms with Gasteiger partial charge in [-0.2, -0.15) is 0 Å². The lowest BCUT2D eigenvalue weighted by Crippen LogP contribution is -2.42. The molecule has 0 aromatic heterocycles. The zero-order valence-electron chi connectivity index (χ0n) is 13.7. The summed E-state index contributed by atoms with van der Waals surface area (Å²) in [5, 5.41) is 29.3. The molecule has 142 valence electrons. The molecule has 1 aromatic rings. The van der Waals surface area contributed by atoms with Crippen molar-refractivity contribution in [2.45, 2.75) is 31.8 Å². The van der Waals surface area contributed by atoms with Crippen molar-refractivity contribution in [1.29, 1.82) is 0 Å². The molecular formula is C15H18N2O9. The third kappa shape index (κ3) is 6.65. The first-order valence-corrected chi connectivity index (χ1v) is 7.27. The van der Waals surface area contributed by atoms with E-state index in [4.69, 9.17) is 20.8 Å². The first-order chi connectivity index (χ1) is 12.1. The van der Waals surface area contributed by atoms with Crippen LogP contribution in [0.15, 0.2) is 18.2 Å². The number of phenols is 1. The van der Waals surface area contributed by atoms with Crippen molar-refractivity contribution < 1.29 is 44.3 Å². The van der Waals surface area contributed by atoms with Crippen molar-refractivity contribution in [3.8, 4) is 11.5 Å². The molecule has 0 heterocycles. The topological polar surface area (TPSA) is 185 Å². The monoisotopic (exact) mass is 370 g/mol. The minimum absolute atomic E-state index is 0.0759. The predicted molar refractivity (Wildman–Crippen MR) is 84.0 cm³/mol. The summed E-state index contributed by atoms with van der Waals surface area (Å²) in [6, 6.07) is 1.11. The van der Waals surface area contributed by atoms with Crippen molar-refractivity contribution >= 4 is 23.8 Å². The highest BCUT2D eigenvalue weighted by Gasteiger charge is 2.26. The average Bonchev–Trinajstić information content (AvgIpc) is 2.53. The molecule has 0 spiro atoms. The van der Waals surface area contributed by atoms with Crippen molar-refractivity contribution in [1.82, 2.24) is 5.32 Å². The molecule has 1 rings (SSSR count). The van der Waals surface area contributed by atoms with Crippen LogP contribution in [0.2, 0.25) is 0 Å². The lowest BCUT2D eigenvalue weighted by atomic mass is 10.1. The summed E-state index contributed by atoms with van der Waals surface area (Å²) in [6.07, 6.45) is -0.811. The van der Waals surface area contributed by atoms with Gasteiger partial charge < -0.3 is 26.4 Å². The number of carbonyl (C=O) groups excluding carboxylic acids is 2. The normalized spacial score (nSPS) is 12.5. The van der Waals surface area contributed by atoms with Crippen molar-refractivity contribution in [2.75, 3.05) is 0 Å². The lowest BCUT2D eigenvalue weighted by Gasteiger charge is -2.14. The number of amides is 1. The number of rotatable bonds is 9. The molecule has 26 heavy (non-hydrogen) atoms. The number of carboxylic acids is 2. The number of hydrogen-bond donors (Lipinski definition) is 5. The number of aromatic hydroxyl groups is 1. The zero-order chi connectivity index (χ0) is 19.9. The van der Waals surface area contributed by atoms with Gasteiger partial charge in [0.05, 0.1) is 6.42 Å². The molecule has 1 amide bonds. The van der Waals surface area contributed by atoms with Gasteiger partial charge in [-0.05, 0) is 24.1 Å². The molecule has 0 aliphatic heterocycles. The van der Waals surface area contributed by atoms with Crippen LogP contribution in [0.4, 0.5) is 0 Å². The second kappa shape index (κ2) is 9.22. The Hall–Kier alpha value is -3.34. The SMILES string of the molecule is CC(=O)N[C@@H](CC(=O)O)C(=O)OOc1cc(C[C@H](N)C(=O)O)ccc1O. The summed E-state index contributed by atoms with van der Waals surface area (Å²) in [5.41, 5.74) is 5.79. The Morgan fingerprint density at radius 2 is 1.88 bits per heavy atom. The summed E-state index contributed by atoms with van der Waals surface area (Å²) in [6.45, 7) is 1.09. The van der Waals surface area contributed by atoms with Gasteiger partial charge in [0.2, 0.25) is 11.7 Å². The van der Waals surface area contributed by atoms with E-state index in [1.807, 2.05) is 0 Å². The van der Waals surface area contributed by atoms with Gasteiger partial charge in [-0.1, -0.05) is 6.07 Å². The fourth-order valence-electron chi connectivity index (χ4n) is 1.85. The Balaban J connectivity index is 2.80. The molecule has 0 fully saturated rings.